The molecular formula is C19H16BrN3O4. The Hall–Kier alpha value is -3.13. The van der Waals surface area contributed by atoms with Gasteiger partial charge in [0, 0.05) is 15.7 Å². The van der Waals surface area contributed by atoms with Crippen LogP contribution in [0.25, 0.3) is 6.08 Å². The summed E-state index contributed by atoms with van der Waals surface area (Å²) in [5.74, 6) is -1.17. The van der Waals surface area contributed by atoms with Crippen LogP contribution in [0.3, 0.4) is 0 Å². The van der Waals surface area contributed by atoms with E-state index in [2.05, 4.69) is 26.6 Å². The number of urea groups is 1. The maximum atomic E-state index is 12.5. The summed E-state index contributed by atoms with van der Waals surface area (Å²) in [7, 11) is 0. The van der Waals surface area contributed by atoms with E-state index < -0.39 is 24.4 Å². The third-order valence-electron chi connectivity index (χ3n) is 3.86. The first-order chi connectivity index (χ1) is 12.8. The number of nitrogens with zero attached hydrogens (tertiary/aromatic N) is 1. The van der Waals surface area contributed by atoms with E-state index in [0.717, 1.165) is 10.5 Å². The van der Waals surface area contributed by atoms with Crippen LogP contribution in [0.4, 0.5) is 10.5 Å². The molecule has 8 heteroatoms. The van der Waals surface area contributed by atoms with Crippen molar-refractivity contribution in [1.82, 2.24) is 10.2 Å². The largest absolute Gasteiger partial charge is 0.507 e. The first-order valence-electron chi connectivity index (χ1n) is 8.03. The molecule has 0 saturated carbocycles. The Labute approximate surface area is 163 Å². The van der Waals surface area contributed by atoms with Crippen LogP contribution in [0.15, 0.2) is 52.6 Å². The predicted octanol–water partition coefficient (Wildman–Crippen LogP) is 2.99. The van der Waals surface area contributed by atoms with Crippen molar-refractivity contribution in [1.29, 1.82) is 0 Å². The van der Waals surface area contributed by atoms with Crippen LogP contribution < -0.4 is 10.6 Å². The number of aromatic hydroxyl groups is 1. The normalized spacial score (nSPS) is 15.2. The zero-order valence-electron chi connectivity index (χ0n) is 14.3. The molecule has 27 heavy (non-hydrogen) atoms. The van der Waals surface area contributed by atoms with Gasteiger partial charge in [-0.25, -0.2) is 9.69 Å². The quantitative estimate of drug-likeness (QED) is 0.513. The van der Waals surface area contributed by atoms with Crippen molar-refractivity contribution >= 4 is 45.5 Å². The van der Waals surface area contributed by atoms with Gasteiger partial charge < -0.3 is 15.7 Å². The number of hydrogen-bond acceptors (Lipinski definition) is 4. The van der Waals surface area contributed by atoms with E-state index in [-0.39, 0.29) is 11.4 Å². The number of phenols is 1. The monoisotopic (exact) mass is 429 g/mol. The van der Waals surface area contributed by atoms with Gasteiger partial charge in [0.25, 0.3) is 5.91 Å². The third-order valence-corrected chi connectivity index (χ3v) is 4.35. The molecule has 1 fully saturated rings. The van der Waals surface area contributed by atoms with E-state index in [1.165, 1.54) is 12.1 Å². The number of phenolic OH excluding ortho intramolecular Hbond substituents is 1. The highest BCUT2D eigenvalue weighted by Crippen LogP contribution is 2.25. The summed E-state index contributed by atoms with van der Waals surface area (Å²) in [4.78, 5) is 37.5. The summed E-state index contributed by atoms with van der Waals surface area (Å²) >= 11 is 3.28. The molecule has 0 aliphatic carbocycles. The molecule has 0 spiro atoms. The zero-order valence-corrected chi connectivity index (χ0v) is 15.9. The summed E-state index contributed by atoms with van der Waals surface area (Å²) in [5, 5.41) is 15.0. The van der Waals surface area contributed by atoms with Crippen LogP contribution in [0.2, 0.25) is 0 Å². The van der Waals surface area contributed by atoms with Gasteiger partial charge in [-0.05, 0) is 48.9 Å². The van der Waals surface area contributed by atoms with E-state index in [1.807, 2.05) is 13.0 Å². The Kier molecular flexibility index (Phi) is 5.27. The Balaban J connectivity index is 1.73. The molecular weight excluding hydrogens is 414 g/mol. The molecule has 0 atom stereocenters. The lowest BCUT2D eigenvalue weighted by Crippen LogP contribution is -2.38. The molecule has 0 radical (unpaired) electrons. The number of anilines is 1. The Morgan fingerprint density at radius 1 is 1.26 bits per heavy atom. The lowest BCUT2D eigenvalue weighted by molar-refractivity contribution is -0.127. The minimum atomic E-state index is -0.694. The standard InChI is InChI=1S/C19H16BrN3O4/c1-11-3-2-4-14(7-11)21-17(25)10-23-18(26)15(22-19(23)27)9-12-8-13(20)5-6-16(12)24/h2-9,24H,10H2,1H3,(H,21,25)(H,22,27). The second kappa shape index (κ2) is 7.63. The Morgan fingerprint density at radius 3 is 2.78 bits per heavy atom. The lowest BCUT2D eigenvalue weighted by atomic mass is 10.1. The van der Waals surface area contributed by atoms with Gasteiger partial charge in [-0.15, -0.1) is 0 Å². The van der Waals surface area contributed by atoms with E-state index in [1.54, 1.807) is 30.3 Å². The molecule has 138 valence electrons. The fourth-order valence-electron chi connectivity index (χ4n) is 2.58. The highest BCUT2D eigenvalue weighted by Gasteiger charge is 2.35. The molecule has 0 aromatic heterocycles. The maximum Gasteiger partial charge on any atom is 0.329 e. The number of benzene rings is 2. The smallest absolute Gasteiger partial charge is 0.329 e. The molecule has 2 aromatic rings. The molecule has 1 aliphatic heterocycles. The van der Waals surface area contributed by atoms with Crippen LogP contribution in [-0.4, -0.2) is 34.4 Å². The van der Waals surface area contributed by atoms with Crippen LogP contribution in [0, 0.1) is 6.92 Å². The van der Waals surface area contributed by atoms with Crippen LogP contribution in [-0.2, 0) is 9.59 Å². The fourth-order valence-corrected chi connectivity index (χ4v) is 2.96. The minimum Gasteiger partial charge on any atom is -0.507 e. The van der Waals surface area contributed by atoms with Crippen LogP contribution in [0.1, 0.15) is 11.1 Å². The zero-order chi connectivity index (χ0) is 19.6. The van der Waals surface area contributed by atoms with Gasteiger partial charge in [0.2, 0.25) is 5.91 Å². The average Bonchev–Trinajstić information content (AvgIpc) is 2.85. The first kappa shape index (κ1) is 18.7. The number of carbonyl (C=O) groups is 3. The van der Waals surface area contributed by atoms with Crippen molar-refractivity contribution in [2.24, 2.45) is 0 Å². The number of amides is 4. The summed E-state index contributed by atoms with van der Waals surface area (Å²) in [6, 6.07) is 11.2. The number of carbonyl (C=O) groups excluding carboxylic acids is 3. The second-order valence-corrected chi connectivity index (χ2v) is 6.92. The van der Waals surface area contributed by atoms with Crippen molar-refractivity contribution in [2.75, 3.05) is 11.9 Å². The molecule has 3 rings (SSSR count). The highest BCUT2D eigenvalue weighted by molar-refractivity contribution is 9.10. The van der Waals surface area contributed by atoms with Crippen molar-refractivity contribution in [3.8, 4) is 5.75 Å². The highest BCUT2D eigenvalue weighted by atomic mass is 79.9. The van der Waals surface area contributed by atoms with Gasteiger partial charge in [-0.2, -0.15) is 0 Å². The lowest BCUT2D eigenvalue weighted by Gasteiger charge is -2.12. The summed E-state index contributed by atoms with van der Waals surface area (Å²) in [5.41, 5.74) is 1.90. The van der Waals surface area contributed by atoms with Crippen LogP contribution in [0.5, 0.6) is 5.75 Å². The van der Waals surface area contributed by atoms with Gasteiger partial charge in [0.15, 0.2) is 0 Å². The van der Waals surface area contributed by atoms with Gasteiger partial charge in [-0.3, -0.25) is 9.59 Å². The molecule has 7 nitrogen and oxygen atoms in total. The minimum absolute atomic E-state index is 0.0169. The van der Waals surface area contributed by atoms with Crippen molar-refractivity contribution < 1.29 is 19.5 Å². The number of imide groups is 1. The van der Waals surface area contributed by atoms with Crippen LogP contribution >= 0.6 is 15.9 Å². The van der Waals surface area contributed by atoms with E-state index in [9.17, 15) is 19.5 Å². The molecule has 1 saturated heterocycles. The summed E-state index contributed by atoms with van der Waals surface area (Å²) < 4.78 is 0.707. The van der Waals surface area contributed by atoms with Crippen molar-refractivity contribution in [3.05, 3.63) is 63.8 Å². The molecule has 1 aliphatic rings. The van der Waals surface area contributed by atoms with Gasteiger partial charge in [0.05, 0.1) is 0 Å². The van der Waals surface area contributed by atoms with Crippen molar-refractivity contribution in [3.63, 3.8) is 0 Å². The molecule has 4 amide bonds. The molecule has 0 bridgehead atoms. The second-order valence-electron chi connectivity index (χ2n) is 6.00. The fraction of sp³-hybridized carbons (Fsp3) is 0.105. The van der Waals surface area contributed by atoms with Gasteiger partial charge >= 0.3 is 6.03 Å². The molecule has 0 unspecified atom stereocenters. The summed E-state index contributed by atoms with van der Waals surface area (Å²) in [6.45, 7) is 1.47. The first-order valence-corrected chi connectivity index (χ1v) is 8.82. The number of aryl methyl sites for hydroxylation is 1. The third kappa shape index (κ3) is 4.35. The Bertz CT molecular complexity index is 971. The van der Waals surface area contributed by atoms with E-state index in [4.69, 9.17) is 0 Å². The van der Waals surface area contributed by atoms with E-state index >= 15 is 0 Å². The predicted molar refractivity (Wildman–Crippen MR) is 104 cm³/mol. The Morgan fingerprint density at radius 2 is 2.04 bits per heavy atom. The topological polar surface area (TPSA) is 98.7 Å². The number of rotatable bonds is 4. The number of nitrogens with one attached hydrogen (secondary N) is 2. The van der Waals surface area contributed by atoms with Gasteiger partial charge in [0.1, 0.15) is 18.0 Å². The molecule has 2 aromatic carbocycles. The number of hydrogen-bond donors (Lipinski definition) is 3. The summed E-state index contributed by atoms with van der Waals surface area (Å²) in [6.07, 6.45) is 1.36. The van der Waals surface area contributed by atoms with Crippen molar-refractivity contribution in [2.45, 2.75) is 6.92 Å². The molecule has 1 heterocycles. The molecule has 3 N–H and O–H groups in total. The van der Waals surface area contributed by atoms with Gasteiger partial charge in [-0.1, -0.05) is 28.1 Å². The maximum absolute atomic E-state index is 12.5. The van der Waals surface area contributed by atoms with E-state index in [0.29, 0.717) is 15.7 Å². The SMILES string of the molecule is Cc1cccc(NC(=O)CN2C(=O)NC(=Cc3cc(Br)ccc3O)C2=O)c1. The number of halogens is 1. The average molecular weight is 430 g/mol.